The highest BCUT2D eigenvalue weighted by Gasteiger charge is 2.15. The van der Waals surface area contributed by atoms with Crippen molar-refractivity contribution in [2.75, 3.05) is 40.4 Å². The van der Waals surface area contributed by atoms with Gasteiger partial charge in [0.1, 0.15) is 13.2 Å². The van der Waals surface area contributed by atoms with Crippen LogP contribution in [0.1, 0.15) is 17.5 Å². The van der Waals surface area contributed by atoms with Crippen LogP contribution in [-0.2, 0) is 11.2 Å². The van der Waals surface area contributed by atoms with Crippen LogP contribution in [0.15, 0.2) is 12.1 Å². The molecule has 21 heavy (non-hydrogen) atoms. The van der Waals surface area contributed by atoms with Gasteiger partial charge in [-0.1, -0.05) is 0 Å². The first kappa shape index (κ1) is 15.6. The maximum atomic E-state index is 12.0. The van der Waals surface area contributed by atoms with E-state index < -0.39 is 0 Å². The maximum absolute atomic E-state index is 12.0. The molecule has 0 saturated carbocycles. The number of rotatable bonds is 6. The lowest BCUT2D eigenvalue weighted by Crippen LogP contribution is -2.28. The van der Waals surface area contributed by atoms with E-state index in [9.17, 15) is 4.79 Å². The van der Waals surface area contributed by atoms with Crippen LogP contribution >= 0.6 is 0 Å². The van der Waals surface area contributed by atoms with E-state index in [1.165, 1.54) is 0 Å². The molecular weight excluding hydrogens is 268 g/mol. The van der Waals surface area contributed by atoms with E-state index in [-0.39, 0.29) is 5.91 Å². The van der Waals surface area contributed by atoms with Gasteiger partial charge in [0.05, 0.1) is 6.42 Å². The van der Waals surface area contributed by atoms with Gasteiger partial charge in [-0.3, -0.25) is 4.79 Å². The van der Waals surface area contributed by atoms with Crippen molar-refractivity contribution in [1.82, 2.24) is 10.2 Å². The summed E-state index contributed by atoms with van der Waals surface area (Å²) in [6.45, 7) is 4.82. The zero-order chi connectivity index (χ0) is 15.2. The van der Waals surface area contributed by atoms with Crippen molar-refractivity contribution < 1.29 is 14.3 Å². The van der Waals surface area contributed by atoms with E-state index in [1.807, 2.05) is 33.2 Å². The van der Waals surface area contributed by atoms with Crippen LogP contribution in [0.2, 0.25) is 0 Å². The summed E-state index contributed by atoms with van der Waals surface area (Å²) in [5.74, 6) is 1.56. The molecule has 0 aliphatic carbocycles. The van der Waals surface area contributed by atoms with Gasteiger partial charge in [-0.15, -0.1) is 0 Å². The summed E-state index contributed by atoms with van der Waals surface area (Å²) in [4.78, 5) is 14.1. The van der Waals surface area contributed by atoms with E-state index in [1.54, 1.807) is 0 Å². The number of ether oxygens (including phenoxy) is 2. The summed E-state index contributed by atoms with van der Waals surface area (Å²) >= 11 is 0. The molecule has 116 valence electrons. The number of amides is 1. The Labute approximate surface area is 126 Å². The normalized spacial score (nSPS) is 13.3. The molecule has 0 unspecified atom stereocenters. The first-order valence-electron chi connectivity index (χ1n) is 7.37. The topological polar surface area (TPSA) is 50.8 Å². The highest BCUT2D eigenvalue weighted by atomic mass is 16.6. The largest absolute Gasteiger partial charge is 0.486 e. The Balaban J connectivity index is 1.88. The summed E-state index contributed by atoms with van der Waals surface area (Å²) < 4.78 is 11.1. The lowest BCUT2D eigenvalue weighted by atomic mass is 10.0. The van der Waals surface area contributed by atoms with Crippen molar-refractivity contribution in [1.29, 1.82) is 0 Å². The molecule has 0 aromatic heterocycles. The molecular formula is C16H24N2O3. The number of nitrogens with one attached hydrogen (secondary N) is 1. The molecule has 1 aliphatic heterocycles. The van der Waals surface area contributed by atoms with Gasteiger partial charge in [-0.05, 0) is 57.2 Å². The van der Waals surface area contributed by atoms with Crippen LogP contribution in [0.4, 0.5) is 0 Å². The first-order chi connectivity index (χ1) is 10.1. The average Bonchev–Trinajstić information content (AvgIpc) is 2.44. The fourth-order valence-electron chi connectivity index (χ4n) is 2.28. The van der Waals surface area contributed by atoms with Crippen LogP contribution in [0.3, 0.4) is 0 Å². The molecule has 1 aliphatic rings. The molecule has 5 nitrogen and oxygen atoms in total. The van der Waals surface area contributed by atoms with E-state index in [0.717, 1.165) is 35.6 Å². The quantitative estimate of drug-likeness (QED) is 0.805. The summed E-state index contributed by atoms with van der Waals surface area (Å²) in [5.41, 5.74) is 2.05. The molecule has 1 amide bonds. The van der Waals surface area contributed by atoms with Gasteiger partial charge < -0.3 is 19.7 Å². The average molecular weight is 292 g/mol. The maximum Gasteiger partial charge on any atom is 0.224 e. The third-order valence-corrected chi connectivity index (χ3v) is 3.46. The second-order valence-electron chi connectivity index (χ2n) is 5.61. The summed E-state index contributed by atoms with van der Waals surface area (Å²) in [6.07, 6.45) is 1.34. The molecule has 0 bridgehead atoms. The molecule has 1 heterocycles. The van der Waals surface area contributed by atoms with Crippen molar-refractivity contribution in [3.8, 4) is 11.5 Å². The minimum absolute atomic E-state index is 0.0496. The Morgan fingerprint density at radius 2 is 1.90 bits per heavy atom. The van der Waals surface area contributed by atoms with Gasteiger partial charge >= 0.3 is 0 Å². The zero-order valence-corrected chi connectivity index (χ0v) is 13.1. The van der Waals surface area contributed by atoms with Gasteiger partial charge in [0.25, 0.3) is 0 Å². The number of carbonyl (C=O) groups excluding carboxylic acids is 1. The Morgan fingerprint density at radius 3 is 2.57 bits per heavy atom. The van der Waals surface area contributed by atoms with E-state index in [4.69, 9.17) is 9.47 Å². The highest BCUT2D eigenvalue weighted by Crippen LogP contribution is 2.33. The molecule has 0 radical (unpaired) electrons. The molecule has 1 aromatic carbocycles. The second-order valence-corrected chi connectivity index (χ2v) is 5.61. The standard InChI is InChI=1S/C16H24N2O3/c1-12-9-14-15(21-8-7-20-14)10-13(12)11-16(19)17-5-4-6-18(2)3/h9-10H,4-8,11H2,1-3H3,(H,17,19). The molecule has 0 saturated heterocycles. The highest BCUT2D eigenvalue weighted by molar-refractivity contribution is 5.79. The minimum atomic E-state index is 0.0496. The van der Waals surface area contributed by atoms with Gasteiger partial charge in [-0.25, -0.2) is 0 Å². The van der Waals surface area contributed by atoms with Crippen LogP contribution in [0.5, 0.6) is 11.5 Å². The molecule has 0 spiro atoms. The van der Waals surface area contributed by atoms with Crippen LogP contribution < -0.4 is 14.8 Å². The van der Waals surface area contributed by atoms with Crippen molar-refractivity contribution in [3.05, 3.63) is 23.3 Å². The Bertz CT molecular complexity index is 501. The van der Waals surface area contributed by atoms with Gasteiger partial charge in [0.2, 0.25) is 5.91 Å². The summed E-state index contributed by atoms with van der Waals surface area (Å²) in [6, 6.07) is 3.87. The van der Waals surface area contributed by atoms with Gasteiger partial charge in [0.15, 0.2) is 11.5 Å². The van der Waals surface area contributed by atoms with Crippen LogP contribution in [-0.4, -0.2) is 51.2 Å². The van der Waals surface area contributed by atoms with E-state index >= 15 is 0 Å². The number of aryl methyl sites for hydroxylation is 1. The summed E-state index contributed by atoms with van der Waals surface area (Å²) in [7, 11) is 4.06. The number of fused-ring (bicyclic) bond motifs is 1. The fraction of sp³-hybridized carbons (Fsp3) is 0.562. The third kappa shape index (κ3) is 4.63. The second kappa shape index (κ2) is 7.31. The number of hydrogen-bond donors (Lipinski definition) is 1. The van der Waals surface area contributed by atoms with Crippen molar-refractivity contribution in [2.45, 2.75) is 19.8 Å². The van der Waals surface area contributed by atoms with E-state index in [0.29, 0.717) is 26.2 Å². The lowest BCUT2D eigenvalue weighted by molar-refractivity contribution is -0.120. The fourth-order valence-corrected chi connectivity index (χ4v) is 2.28. The van der Waals surface area contributed by atoms with E-state index in [2.05, 4.69) is 10.2 Å². The predicted molar refractivity (Wildman–Crippen MR) is 82.1 cm³/mol. The molecule has 1 aromatic rings. The van der Waals surface area contributed by atoms with Crippen molar-refractivity contribution >= 4 is 5.91 Å². The van der Waals surface area contributed by atoms with Crippen LogP contribution in [0.25, 0.3) is 0 Å². The Morgan fingerprint density at radius 1 is 1.24 bits per heavy atom. The summed E-state index contributed by atoms with van der Waals surface area (Å²) in [5, 5.41) is 2.96. The van der Waals surface area contributed by atoms with Crippen LogP contribution in [0, 0.1) is 6.92 Å². The molecule has 2 rings (SSSR count). The monoisotopic (exact) mass is 292 g/mol. The number of nitrogens with zero attached hydrogens (tertiary/aromatic N) is 1. The van der Waals surface area contributed by atoms with Gasteiger partial charge in [-0.2, -0.15) is 0 Å². The predicted octanol–water partition coefficient (Wildman–Crippen LogP) is 1.38. The minimum Gasteiger partial charge on any atom is -0.486 e. The molecule has 5 heteroatoms. The Hall–Kier alpha value is -1.75. The SMILES string of the molecule is Cc1cc2c(cc1CC(=O)NCCCN(C)C)OCCO2. The smallest absolute Gasteiger partial charge is 0.224 e. The molecule has 1 N–H and O–H groups in total. The molecule has 0 fully saturated rings. The first-order valence-corrected chi connectivity index (χ1v) is 7.37. The van der Waals surface area contributed by atoms with Gasteiger partial charge in [0, 0.05) is 6.54 Å². The zero-order valence-electron chi connectivity index (χ0n) is 13.1. The number of benzene rings is 1. The molecule has 0 atom stereocenters. The van der Waals surface area contributed by atoms with Crippen molar-refractivity contribution in [2.24, 2.45) is 0 Å². The number of hydrogen-bond acceptors (Lipinski definition) is 4. The van der Waals surface area contributed by atoms with Crippen molar-refractivity contribution in [3.63, 3.8) is 0 Å². The number of carbonyl (C=O) groups is 1. The Kier molecular flexibility index (Phi) is 5.44. The third-order valence-electron chi connectivity index (χ3n) is 3.46. The lowest BCUT2D eigenvalue weighted by Gasteiger charge is -2.20.